The molecule has 0 heterocycles. The number of hydrogen-bond acceptors (Lipinski definition) is 9. The Kier molecular flexibility index (Phi) is 8.42. The van der Waals surface area contributed by atoms with Gasteiger partial charge in [-0.25, -0.2) is 14.4 Å². The normalized spacial score (nSPS) is 10.9. The number of carboxylic acid groups (broad SMARTS) is 2. The number of ether oxygens (including phenoxy) is 2. The number of carbonyl (C=O) groups excluding carboxylic acids is 4. The van der Waals surface area contributed by atoms with Crippen LogP contribution in [0.4, 0.5) is 0 Å². The predicted molar refractivity (Wildman–Crippen MR) is 77.6 cm³/mol. The van der Waals surface area contributed by atoms with Crippen LogP contribution >= 0.6 is 0 Å². The van der Waals surface area contributed by atoms with Crippen molar-refractivity contribution in [3.63, 3.8) is 0 Å². The molecule has 136 valence electrons. The van der Waals surface area contributed by atoms with Gasteiger partial charge in [-0.2, -0.15) is 0 Å². The smallest absolute Gasteiger partial charge is 0.331 e. The lowest BCUT2D eigenvalue weighted by Crippen LogP contribution is -2.36. The van der Waals surface area contributed by atoms with Gasteiger partial charge in [0.1, 0.15) is 6.04 Å². The summed E-state index contributed by atoms with van der Waals surface area (Å²) >= 11 is 0. The summed E-state index contributed by atoms with van der Waals surface area (Å²) in [6.07, 6.45) is -2.36. The van der Waals surface area contributed by atoms with E-state index in [1.165, 1.54) is 0 Å². The van der Waals surface area contributed by atoms with Crippen LogP contribution in [0.15, 0.2) is 24.3 Å². The van der Waals surface area contributed by atoms with E-state index >= 15 is 0 Å². The molecule has 25 heavy (non-hydrogen) atoms. The summed E-state index contributed by atoms with van der Waals surface area (Å²) in [6.45, 7) is 6.12. The molecule has 0 spiro atoms. The van der Waals surface area contributed by atoms with Gasteiger partial charge >= 0.3 is 35.8 Å². The molecule has 4 N–H and O–H groups in total. The monoisotopic (exact) mass is 357 g/mol. The molecule has 0 saturated carbocycles. The van der Waals surface area contributed by atoms with Crippen molar-refractivity contribution in [1.29, 1.82) is 0 Å². The third-order valence-corrected chi connectivity index (χ3v) is 2.45. The number of nitrogens with two attached hydrogens (primary N) is 1. The number of rotatable bonds is 9. The lowest BCUT2D eigenvalue weighted by atomic mass is 10.2. The highest BCUT2D eigenvalue weighted by Gasteiger charge is 2.25. The Hall–Kier alpha value is -3.34. The Morgan fingerprint density at radius 1 is 0.800 bits per heavy atom. The molecule has 0 aliphatic rings. The number of carbonyl (C=O) groups is 6. The van der Waals surface area contributed by atoms with Gasteiger partial charge in [0.15, 0.2) is 0 Å². The minimum absolute atomic E-state index is 0.509. The van der Waals surface area contributed by atoms with Crippen LogP contribution in [0.5, 0.6) is 0 Å². The quantitative estimate of drug-likeness (QED) is 0.258. The highest BCUT2D eigenvalue weighted by atomic mass is 16.6. The third-order valence-electron chi connectivity index (χ3n) is 2.45. The molecule has 11 heteroatoms. The summed E-state index contributed by atoms with van der Waals surface area (Å²) in [6, 6.07) is -1.66. The molecule has 0 aliphatic heterocycles. The first-order valence-corrected chi connectivity index (χ1v) is 6.49. The van der Waals surface area contributed by atoms with Crippen molar-refractivity contribution in [2.75, 3.05) is 0 Å². The average molecular weight is 357 g/mol. The van der Waals surface area contributed by atoms with Crippen molar-refractivity contribution in [1.82, 2.24) is 0 Å². The molecular weight excluding hydrogens is 342 g/mol. The molecule has 1 atom stereocenters. The van der Waals surface area contributed by atoms with E-state index < -0.39 is 72.3 Å². The maximum Gasteiger partial charge on any atom is 0.331 e. The Labute approximate surface area is 140 Å². The van der Waals surface area contributed by atoms with Crippen LogP contribution in [0.25, 0.3) is 0 Å². The number of hydrogen-bond donors (Lipinski definition) is 3. The molecular formula is C14H15NO10. The fraction of sp³-hybridized carbons (Fsp3) is 0.286. The van der Waals surface area contributed by atoms with Gasteiger partial charge in [-0.3, -0.25) is 14.4 Å². The van der Waals surface area contributed by atoms with E-state index in [-0.39, 0.29) is 0 Å². The molecule has 0 radical (unpaired) electrons. The van der Waals surface area contributed by atoms with E-state index in [0.717, 1.165) is 0 Å². The molecule has 0 fully saturated rings. The molecule has 0 bridgehead atoms. The number of esters is 4. The Bertz CT molecular complexity index is 648. The van der Waals surface area contributed by atoms with Gasteiger partial charge in [-0.1, -0.05) is 13.2 Å². The number of aliphatic carboxylic acids is 2. The minimum Gasteiger partial charge on any atom is -0.478 e. The topological polar surface area (TPSA) is 187 Å². The second-order valence-electron chi connectivity index (χ2n) is 4.62. The molecule has 0 saturated heterocycles. The first-order valence-electron chi connectivity index (χ1n) is 6.49. The lowest BCUT2D eigenvalue weighted by molar-refractivity contribution is -0.165. The molecule has 0 rings (SSSR count). The van der Waals surface area contributed by atoms with E-state index in [4.69, 9.17) is 15.9 Å². The Morgan fingerprint density at radius 2 is 1.20 bits per heavy atom. The fourth-order valence-corrected chi connectivity index (χ4v) is 1.19. The maximum absolute atomic E-state index is 11.5. The first kappa shape index (κ1) is 21.7. The van der Waals surface area contributed by atoms with Crippen LogP contribution in [0.3, 0.4) is 0 Å². The number of carboxylic acids is 2. The van der Waals surface area contributed by atoms with Crippen LogP contribution in [0.1, 0.15) is 19.3 Å². The van der Waals surface area contributed by atoms with E-state index in [2.05, 4.69) is 22.6 Å². The predicted octanol–water partition coefficient (Wildman–Crippen LogP) is -1.09. The summed E-state index contributed by atoms with van der Waals surface area (Å²) in [4.78, 5) is 66.3. The van der Waals surface area contributed by atoms with Crippen LogP contribution in [0, 0.1) is 0 Å². The third kappa shape index (κ3) is 8.76. The first-order chi connectivity index (χ1) is 11.4. The lowest BCUT2D eigenvalue weighted by Gasteiger charge is -2.09. The standard InChI is InChI=1S/C14H15NO10/c1-6(12(19)20)3-9(16)24-11(18)5-8(15)14(23)25-10(17)4-7(2)13(21)22/h8H,1-5,15H2,(H,19,20)(H,21,22)/t8-/m0/s1. The molecule has 11 nitrogen and oxygen atoms in total. The van der Waals surface area contributed by atoms with Crippen LogP contribution in [-0.2, 0) is 38.2 Å². The van der Waals surface area contributed by atoms with E-state index in [9.17, 15) is 28.8 Å². The van der Waals surface area contributed by atoms with Crippen molar-refractivity contribution < 1.29 is 48.5 Å². The molecule has 0 aliphatic carbocycles. The zero-order chi connectivity index (χ0) is 19.7. The van der Waals surface area contributed by atoms with Gasteiger partial charge in [0.2, 0.25) is 0 Å². The minimum atomic E-state index is -1.66. The van der Waals surface area contributed by atoms with Crippen molar-refractivity contribution in [3.05, 3.63) is 24.3 Å². The van der Waals surface area contributed by atoms with Crippen LogP contribution in [0.2, 0.25) is 0 Å². The van der Waals surface area contributed by atoms with Gasteiger partial charge in [-0.05, 0) is 0 Å². The maximum atomic E-state index is 11.5. The second-order valence-corrected chi connectivity index (χ2v) is 4.62. The van der Waals surface area contributed by atoms with Crippen molar-refractivity contribution in [2.24, 2.45) is 5.73 Å². The molecule has 0 unspecified atom stereocenters. The Balaban J connectivity index is 4.40. The van der Waals surface area contributed by atoms with Gasteiger partial charge in [0, 0.05) is 11.1 Å². The Morgan fingerprint density at radius 3 is 1.60 bits per heavy atom. The van der Waals surface area contributed by atoms with E-state index in [0.29, 0.717) is 0 Å². The highest BCUT2D eigenvalue weighted by Crippen LogP contribution is 2.05. The van der Waals surface area contributed by atoms with E-state index in [1.54, 1.807) is 0 Å². The summed E-state index contributed by atoms with van der Waals surface area (Å²) in [5.74, 6) is -7.97. The molecule has 0 aromatic heterocycles. The van der Waals surface area contributed by atoms with Crippen LogP contribution < -0.4 is 5.73 Å². The van der Waals surface area contributed by atoms with Crippen molar-refractivity contribution >= 4 is 35.8 Å². The average Bonchev–Trinajstić information content (AvgIpc) is 2.45. The summed E-state index contributed by atoms with van der Waals surface area (Å²) in [7, 11) is 0. The SMILES string of the molecule is C=C(CC(=O)OC(=O)C[C@H](N)C(=O)OC(=O)CC(=C)C(=O)O)C(=O)O. The van der Waals surface area contributed by atoms with Gasteiger partial charge < -0.3 is 25.4 Å². The van der Waals surface area contributed by atoms with Crippen LogP contribution in [-0.4, -0.2) is 52.1 Å². The van der Waals surface area contributed by atoms with Gasteiger partial charge in [0.05, 0.1) is 19.3 Å². The summed E-state index contributed by atoms with van der Waals surface area (Å²) in [5.41, 5.74) is 4.27. The van der Waals surface area contributed by atoms with Crippen molar-refractivity contribution in [3.8, 4) is 0 Å². The summed E-state index contributed by atoms with van der Waals surface area (Å²) < 4.78 is 8.45. The van der Waals surface area contributed by atoms with Gasteiger partial charge in [0.25, 0.3) is 0 Å². The second kappa shape index (κ2) is 9.72. The van der Waals surface area contributed by atoms with Crippen molar-refractivity contribution in [2.45, 2.75) is 25.3 Å². The fourth-order valence-electron chi connectivity index (χ4n) is 1.19. The summed E-state index contributed by atoms with van der Waals surface area (Å²) in [5, 5.41) is 17.0. The van der Waals surface area contributed by atoms with Gasteiger partial charge in [-0.15, -0.1) is 0 Å². The van der Waals surface area contributed by atoms with E-state index in [1.807, 2.05) is 0 Å². The zero-order valence-corrected chi connectivity index (χ0v) is 12.9. The largest absolute Gasteiger partial charge is 0.478 e. The molecule has 0 amide bonds. The molecule has 0 aromatic carbocycles. The zero-order valence-electron chi connectivity index (χ0n) is 12.9. The molecule has 0 aromatic rings. The highest BCUT2D eigenvalue weighted by molar-refractivity contribution is 5.98.